The number of aryl methyl sites for hydroxylation is 1. The Morgan fingerprint density at radius 1 is 1.28 bits per heavy atom. The van der Waals surface area contributed by atoms with Crippen LogP contribution in [-0.4, -0.2) is 22.0 Å². The van der Waals surface area contributed by atoms with Gasteiger partial charge in [0.1, 0.15) is 10.7 Å². The summed E-state index contributed by atoms with van der Waals surface area (Å²) in [6.07, 6.45) is 1.58. The lowest BCUT2D eigenvalue weighted by Gasteiger charge is -2.04. The monoisotopic (exact) mass is 262 g/mol. The first kappa shape index (κ1) is 12.3. The number of hydrogen-bond acceptors (Lipinski definition) is 4. The van der Waals surface area contributed by atoms with E-state index in [1.807, 2.05) is 13.0 Å². The number of anilines is 1. The molecule has 0 spiro atoms. The Morgan fingerprint density at radius 2 is 2.00 bits per heavy atom. The molecule has 0 aliphatic carbocycles. The molecule has 1 amide bonds. The molecule has 5 nitrogen and oxygen atoms in total. The third-order valence-electron chi connectivity index (χ3n) is 2.28. The number of thiophene rings is 1. The van der Waals surface area contributed by atoms with Crippen LogP contribution in [0.25, 0.3) is 0 Å². The first-order valence-electron chi connectivity index (χ1n) is 5.14. The van der Waals surface area contributed by atoms with E-state index in [0.29, 0.717) is 10.7 Å². The molecule has 18 heavy (non-hydrogen) atoms. The van der Waals surface area contributed by atoms with Gasteiger partial charge in [-0.05, 0) is 30.7 Å². The largest absolute Gasteiger partial charge is 0.477 e. The zero-order chi connectivity index (χ0) is 13.1. The van der Waals surface area contributed by atoms with Gasteiger partial charge >= 0.3 is 5.97 Å². The lowest BCUT2D eigenvalue weighted by atomic mass is 10.3. The van der Waals surface area contributed by atoms with Crippen molar-refractivity contribution >= 4 is 29.0 Å². The predicted octanol–water partition coefficient (Wildman–Crippen LogP) is 2.40. The van der Waals surface area contributed by atoms with Gasteiger partial charge in [-0.25, -0.2) is 9.78 Å². The number of nitrogens with zero attached hydrogens (tertiary/aromatic N) is 1. The Kier molecular flexibility index (Phi) is 3.38. The molecule has 2 N–H and O–H groups in total. The molecule has 0 aromatic carbocycles. The smallest absolute Gasteiger partial charge is 0.345 e. The van der Waals surface area contributed by atoms with Gasteiger partial charge in [0, 0.05) is 6.20 Å². The molecule has 0 aliphatic heterocycles. The van der Waals surface area contributed by atoms with Crippen molar-refractivity contribution < 1.29 is 14.7 Å². The van der Waals surface area contributed by atoms with Crippen molar-refractivity contribution in [2.24, 2.45) is 0 Å². The van der Waals surface area contributed by atoms with Gasteiger partial charge in [-0.15, -0.1) is 11.3 Å². The standard InChI is InChI=1S/C12H10N2O3S/c1-7-3-2-6-13-10(7)14-11(15)8-4-5-9(18-8)12(16)17/h2-6H,1H3,(H,16,17)(H,13,14,15). The van der Waals surface area contributed by atoms with Crippen molar-refractivity contribution in [2.75, 3.05) is 5.32 Å². The van der Waals surface area contributed by atoms with Gasteiger partial charge in [-0.1, -0.05) is 6.07 Å². The highest BCUT2D eigenvalue weighted by Gasteiger charge is 2.13. The Hall–Kier alpha value is -2.21. The summed E-state index contributed by atoms with van der Waals surface area (Å²) in [5, 5.41) is 11.4. The fraction of sp³-hybridized carbons (Fsp3) is 0.0833. The maximum absolute atomic E-state index is 11.9. The minimum atomic E-state index is -1.03. The minimum absolute atomic E-state index is 0.137. The number of aromatic nitrogens is 1. The van der Waals surface area contributed by atoms with Crippen LogP contribution in [0.5, 0.6) is 0 Å². The second-order valence-corrected chi connectivity index (χ2v) is 4.68. The van der Waals surface area contributed by atoms with E-state index in [-0.39, 0.29) is 10.8 Å². The molecule has 0 aliphatic rings. The fourth-order valence-corrected chi connectivity index (χ4v) is 2.10. The molecule has 0 radical (unpaired) electrons. The number of aromatic carboxylic acids is 1. The Labute approximate surface area is 107 Å². The molecule has 0 fully saturated rings. The third-order valence-corrected chi connectivity index (χ3v) is 3.35. The van der Waals surface area contributed by atoms with Crippen molar-refractivity contribution in [1.82, 2.24) is 4.98 Å². The van der Waals surface area contributed by atoms with E-state index in [9.17, 15) is 9.59 Å². The number of carbonyl (C=O) groups is 2. The van der Waals surface area contributed by atoms with Crippen molar-refractivity contribution in [3.63, 3.8) is 0 Å². The third kappa shape index (κ3) is 2.54. The number of nitrogens with one attached hydrogen (secondary N) is 1. The summed E-state index contributed by atoms with van der Waals surface area (Å²) < 4.78 is 0. The van der Waals surface area contributed by atoms with Crippen LogP contribution in [0.1, 0.15) is 24.9 Å². The van der Waals surface area contributed by atoms with Gasteiger partial charge in [0.15, 0.2) is 0 Å². The summed E-state index contributed by atoms with van der Waals surface area (Å²) in [6.45, 7) is 1.83. The van der Waals surface area contributed by atoms with Gasteiger partial charge in [0.25, 0.3) is 5.91 Å². The quantitative estimate of drug-likeness (QED) is 0.890. The summed E-state index contributed by atoms with van der Waals surface area (Å²) >= 11 is 0.935. The van der Waals surface area contributed by atoms with Crippen LogP contribution in [-0.2, 0) is 0 Å². The first-order valence-corrected chi connectivity index (χ1v) is 5.95. The molecule has 0 bridgehead atoms. The summed E-state index contributed by atoms with van der Waals surface area (Å²) in [4.78, 5) is 27.1. The first-order chi connectivity index (χ1) is 8.58. The zero-order valence-electron chi connectivity index (χ0n) is 9.51. The molecule has 0 atom stereocenters. The van der Waals surface area contributed by atoms with E-state index in [0.717, 1.165) is 16.9 Å². The molecule has 0 saturated carbocycles. The maximum Gasteiger partial charge on any atom is 0.345 e. The van der Waals surface area contributed by atoms with Crippen molar-refractivity contribution in [1.29, 1.82) is 0 Å². The number of carbonyl (C=O) groups excluding carboxylic acids is 1. The second kappa shape index (κ2) is 4.97. The Morgan fingerprint density at radius 3 is 2.61 bits per heavy atom. The number of pyridine rings is 1. The lowest BCUT2D eigenvalue weighted by Crippen LogP contribution is -2.12. The van der Waals surface area contributed by atoms with Crippen LogP contribution < -0.4 is 5.32 Å². The lowest BCUT2D eigenvalue weighted by molar-refractivity contribution is 0.0702. The average molecular weight is 262 g/mol. The summed E-state index contributed by atoms with van der Waals surface area (Å²) in [7, 11) is 0. The number of carboxylic acids is 1. The van der Waals surface area contributed by atoms with Crippen molar-refractivity contribution in [3.05, 3.63) is 45.8 Å². The van der Waals surface area contributed by atoms with Crippen LogP contribution in [0.15, 0.2) is 30.5 Å². The van der Waals surface area contributed by atoms with Crippen LogP contribution in [0.3, 0.4) is 0 Å². The molecule has 2 rings (SSSR count). The minimum Gasteiger partial charge on any atom is -0.477 e. The maximum atomic E-state index is 11.9. The highest BCUT2D eigenvalue weighted by molar-refractivity contribution is 7.15. The molecular formula is C12H10N2O3S. The predicted molar refractivity (Wildman–Crippen MR) is 68.2 cm³/mol. The number of hydrogen-bond donors (Lipinski definition) is 2. The van der Waals surface area contributed by atoms with E-state index in [4.69, 9.17) is 5.11 Å². The Bertz CT molecular complexity index is 607. The summed E-state index contributed by atoms with van der Waals surface area (Å²) in [5.41, 5.74) is 0.848. The van der Waals surface area contributed by atoms with Crippen molar-refractivity contribution in [2.45, 2.75) is 6.92 Å². The zero-order valence-corrected chi connectivity index (χ0v) is 10.3. The second-order valence-electron chi connectivity index (χ2n) is 3.59. The van der Waals surface area contributed by atoms with Crippen LogP contribution in [0, 0.1) is 6.92 Å². The van der Waals surface area contributed by atoms with Gasteiger partial charge in [0.05, 0.1) is 4.88 Å². The van der Waals surface area contributed by atoms with E-state index < -0.39 is 5.97 Å². The normalized spacial score (nSPS) is 10.1. The molecule has 2 aromatic rings. The molecule has 2 heterocycles. The van der Waals surface area contributed by atoms with Crippen LogP contribution >= 0.6 is 11.3 Å². The van der Waals surface area contributed by atoms with Crippen molar-refractivity contribution in [3.8, 4) is 0 Å². The van der Waals surface area contributed by atoms with Crippen LogP contribution in [0.4, 0.5) is 5.82 Å². The molecule has 6 heteroatoms. The van der Waals surface area contributed by atoms with E-state index in [2.05, 4.69) is 10.3 Å². The number of carboxylic acid groups (broad SMARTS) is 1. The fourth-order valence-electron chi connectivity index (χ4n) is 1.36. The Balaban J connectivity index is 2.17. The van der Waals surface area contributed by atoms with E-state index >= 15 is 0 Å². The van der Waals surface area contributed by atoms with E-state index in [1.165, 1.54) is 12.1 Å². The molecule has 0 unspecified atom stereocenters. The van der Waals surface area contributed by atoms with E-state index in [1.54, 1.807) is 12.3 Å². The van der Waals surface area contributed by atoms with Gasteiger partial charge in [-0.3, -0.25) is 4.79 Å². The SMILES string of the molecule is Cc1cccnc1NC(=O)c1ccc(C(=O)O)s1. The van der Waals surface area contributed by atoms with Gasteiger partial charge in [0.2, 0.25) is 0 Å². The number of rotatable bonds is 3. The van der Waals surface area contributed by atoms with Gasteiger partial charge in [-0.2, -0.15) is 0 Å². The highest BCUT2D eigenvalue weighted by atomic mass is 32.1. The van der Waals surface area contributed by atoms with Crippen LogP contribution in [0.2, 0.25) is 0 Å². The number of amides is 1. The topological polar surface area (TPSA) is 79.3 Å². The average Bonchev–Trinajstić information content (AvgIpc) is 2.81. The molecule has 2 aromatic heterocycles. The molecular weight excluding hydrogens is 252 g/mol. The summed E-state index contributed by atoms with van der Waals surface area (Å²) in [5.74, 6) is -0.907. The highest BCUT2D eigenvalue weighted by Crippen LogP contribution is 2.18. The molecule has 92 valence electrons. The molecule has 0 saturated heterocycles. The van der Waals surface area contributed by atoms with Gasteiger partial charge < -0.3 is 10.4 Å². The summed E-state index contributed by atoms with van der Waals surface area (Å²) in [6, 6.07) is 6.51.